The molecular formula is C31H35ClN2O7S2. The molecule has 0 amide bonds. The average Bonchev–Trinajstić information content (AvgIpc) is 3.33. The third-order valence-electron chi connectivity index (χ3n) is 7.72. The number of esters is 1. The van der Waals surface area contributed by atoms with Crippen LogP contribution < -0.4 is 10.1 Å². The minimum absolute atomic E-state index is 0.0126. The molecule has 5 rings (SSSR count). The van der Waals surface area contributed by atoms with Gasteiger partial charge in [-0.1, -0.05) is 60.5 Å². The molecule has 2 aliphatic rings. The molecule has 1 saturated heterocycles. The largest absolute Gasteiger partial charge is 0.479 e. The van der Waals surface area contributed by atoms with Gasteiger partial charge in [-0.25, -0.2) is 22.3 Å². The maximum Gasteiger partial charge on any atom is 0.349 e. The molecule has 2 N–H and O–H groups in total. The zero-order valence-electron chi connectivity index (χ0n) is 23.7. The number of hydrogen-bond acceptors (Lipinski definition) is 8. The van der Waals surface area contributed by atoms with Crippen LogP contribution in [0, 0.1) is 0 Å². The Morgan fingerprint density at radius 1 is 1.00 bits per heavy atom. The molecule has 2 heterocycles. The SMILES string of the molecule is O=C(COc1c(C(=O)O)sc(-c2cccc(NC3CCN(S(=O)(=O)Cc4ccccc4)CC3)c2)c1Cl)OC1CCCCC1. The van der Waals surface area contributed by atoms with Gasteiger partial charge in [-0.05, 0) is 61.8 Å². The Morgan fingerprint density at radius 2 is 1.72 bits per heavy atom. The molecule has 1 aromatic heterocycles. The zero-order chi connectivity index (χ0) is 30.4. The highest BCUT2D eigenvalue weighted by Gasteiger charge is 2.29. The van der Waals surface area contributed by atoms with E-state index >= 15 is 0 Å². The van der Waals surface area contributed by atoms with Crippen molar-refractivity contribution in [2.75, 3.05) is 25.0 Å². The van der Waals surface area contributed by atoms with E-state index in [0.717, 1.165) is 54.7 Å². The fourth-order valence-electron chi connectivity index (χ4n) is 5.53. The Kier molecular flexibility index (Phi) is 10.3. The number of carbonyl (C=O) groups is 2. The second-order valence-electron chi connectivity index (χ2n) is 10.9. The van der Waals surface area contributed by atoms with Crippen molar-refractivity contribution < 1.29 is 32.6 Å². The van der Waals surface area contributed by atoms with Crippen molar-refractivity contribution in [3.05, 3.63) is 70.1 Å². The number of aromatic carboxylic acids is 1. The monoisotopic (exact) mass is 646 g/mol. The number of sulfonamides is 1. The van der Waals surface area contributed by atoms with Crippen LogP contribution in [0.5, 0.6) is 5.75 Å². The van der Waals surface area contributed by atoms with E-state index < -0.39 is 28.6 Å². The Hall–Kier alpha value is -3.12. The molecule has 3 aromatic rings. The predicted molar refractivity (Wildman–Crippen MR) is 167 cm³/mol. The first-order valence-corrected chi connectivity index (χ1v) is 17.3. The molecule has 0 unspecified atom stereocenters. The second kappa shape index (κ2) is 14.1. The highest BCUT2D eigenvalue weighted by Crippen LogP contribution is 2.46. The molecule has 2 fully saturated rings. The van der Waals surface area contributed by atoms with Crippen molar-refractivity contribution in [2.24, 2.45) is 0 Å². The Bertz CT molecular complexity index is 1530. The van der Waals surface area contributed by atoms with E-state index in [1.54, 1.807) is 4.31 Å². The fraction of sp³-hybridized carbons (Fsp3) is 0.419. The molecule has 1 saturated carbocycles. The topological polar surface area (TPSA) is 122 Å². The fourth-order valence-corrected chi connectivity index (χ4v) is 8.49. The number of carboxylic acids is 1. The maximum absolute atomic E-state index is 12.9. The van der Waals surface area contributed by atoms with Crippen LogP contribution in [0.15, 0.2) is 54.6 Å². The summed E-state index contributed by atoms with van der Waals surface area (Å²) in [7, 11) is -3.40. The lowest BCUT2D eigenvalue weighted by atomic mass is 9.98. The number of carbonyl (C=O) groups excluding carboxylic acids is 1. The van der Waals surface area contributed by atoms with E-state index in [1.165, 1.54) is 0 Å². The first-order valence-electron chi connectivity index (χ1n) is 14.5. The van der Waals surface area contributed by atoms with Gasteiger partial charge in [0.25, 0.3) is 0 Å². The smallest absolute Gasteiger partial charge is 0.349 e. The van der Waals surface area contributed by atoms with Gasteiger partial charge in [0.15, 0.2) is 17.2 Å². The van der Waals surface area contributed by atoms with Gasteiger partial charge in [-0.15, -0.1) is 11.3 Å². The van der Waals surface area contributed by atoms with Crippen molar-refractivity contribution in [3.63, 3.8) is 0 Å². The molecule has 12 heteroatoms. The highest BCUT2D eigenvalue weighted by atomic mass is 35.5. The second-order valence-corrected chi connectivity index (χ2v) is 14.3. The molecule has 0 radical (unpaired) electrons. The number of piperidine rings is 1. The number of nitrogens with zero attached hydrogens (tertiary/aromatic N) is 1. The Labute approximate surface area is 260 Å². The summed E-state index contributed by atoms with van der Waals surface area (Å²) in [5, 5.41) is 13.4. The quantitative estimate of drug-likeness (QED) is 0.229. The molecule has 0 spiro atoms. The van der Waals surface area contributed by atoms with Crippen LogP contribution in [-0.2, 0) is 25.3 Å². The molecule has 9 nitrogen and oxygen atoms in total. The van der Waals surface area contributed by atoms with Crippen molar-refractivity contribution >= 4 is 50.6 Å². The van der Waals surface area contributed by atoms with Gasteiger partial charge < -0.3 is 19.9 Å². The first-order chi connectivity index (χ1) is 20.7. The zero-order valence-corrected chi connectivity index (χ0v) is 26.1. The van der Waals surface area contributed by atoms with Crippen LogP contribution in [0.1, 0.15) is 60.2 Å². The van der Waals surface area contributed by atoms with Crippen molar-refractivity contribution in [1.82, 2.24) is 4.31 Å². The summed E-state index contributed by atoms with van der Waals surface area (Å²) in [5.74, 6) is -1.80. The molecule has 2 aromatic carbocycles. The number of anilines is 1. The number of nitrogens with one attached hydrogen (secondary N) is 1. The van der Waals surface area contributed by atoms with Crippen molar-refractivity contribution in [1.29, 1.82) is 0 Å². The lowest BCUT2D eigenvalue weighted by molar-refractivity contribution is -0.152. The molecule has 43 heavy (non-hydrogen) atoms. The minimum Gasteiger partial charge on any atom is -0.479 e. The molecule has 1 aliphatic carbocycles. The molecule has 0 atom stereocenters. The van der Waals surface area contributed by atoms with E-state index in [-0.39, 0.29) is 33.5 Å². The standard InChI is InChI=1S/C31H35ClN2O7S2/c32-27-28(40-19-26(35)41-25-12-5-2-6-13-25)30(31(36)37)42-29(27)22-10-7-11-24(18-22)33-23-14-16-34(17-15-23)43(38,39)20-21-8-3-1-4-9-21/h1,3-4,7-11,18,23,25,33H,2,5-6,12-17,19-20H2,(H,36,37). The van der Waals surface area contributed by atoms with Crippen LogP contribution in [0.3, 0.4) is 0 Å². The number of carboxylic acid groups (broad SMARTS) is 1. The number of thiophene rings is 1. The average molecular weight is 647 g/mol. The third-order valence-corrected chi connectivity index (χ3v) is 11.3. The third kappa shape index (κ3) is 8.08. The summed E-state index contributed by atoms with van der Waals surface area (Å²) in [5.41, 5.74) is 2.28. The van der Waals surface area contributed by atoms with Crippen LogP contribution in [-0.4, -0.2) is 61.6 Å². The van der Waals surface area contributed by atoms with E-state index in [4.69, 9.17) is 21.1 Å². The Balaban J connectivity index is 1.21. The maximum atomic E-state index is 12.9. The summed E-state index contributed by atoms with van der Waals surface area (Å²) in [6.45, 7) is 0.429. The van der Waals surface area contributed by atoms with Gasteiger partial charge in [0.05, 0.1) is 10.6 Å². The van der Waals surface area contributed by atoms with E-state index in [0.29, 0.717) is 36.4 Å². The molecule has 1 aliphatic heterocycles. The van der Waals surface area contributed by atoms with Gasteiger partial charge in [-0.2, -0.15) is 0 Å². The highest BCUT2D eigenvalue weighted by molar-refractivity contribution is 7.88. The van der Waals surface area contributed by atoms with Crippen LogP contribution in [0.2, 0.25) is 5.02 Å². The van der Waals surface area contributed by atoms with Crippen LogP contribution >= 0.6 is 22.9 Å². The van der Waals surface area contributed by atoms with Crippen molar-refractivity contribution in [2.45, 2.75) is 62.8 Å². The van der Waals surface area contributed by atoms with Crippen LogP contribution in [0.4, 0.5) is 5.69 Å². The normalized spacial score (nSPS) is 17.0. The number of benzene rings is 2. The van der Waals surface area contributed by atoms with Gasteiger partial charge in [0.2, 0.25) is 10.0 Å². The molecular weight excluding hydrogens is 612 g/mol. The summed E-state index contributed by atoms with van der Waals surface area (Å²) in [4.78, 5) is 24.8. The van der Waals surface area contributed by atoms with E-state index in [2.05, 4.69) is 5.32 Å². The van der Waals surface area contributed by atoms with Crippen LogP contribution in [0.25, 0.3) is 10.4 Å². The predicted octanol–water partition coefficient (Wildman–Crippen LogP) is 6.43. The summed E-state index contributed by atoms with van der Waals surface area (Å²) in [6.07, 6.45) is 6.00. The summed E-state index contributed by atoms with van der Waals surface area (Å²) < 4.78 is 38.5. The van der Waals surface area contributed by atoms with E-state index in [1.807, 2.05) is 54.6 Å². The number of rotatable bonds is 11. The first kappa shape index (κ1) is 31.3. The van der Waals surface area contributed by atoms with Gasteiger partial charge in [0, 0.05) is 24.8 Å². The minimum atomic E-state index is -3.40. The Morgan fingerprint density at radius 3 is 2.42 bits per heavy atom. The van der Waals surface area contributed by atoms with Gasteiger partial charge in [0.1, 0.15) is 11.1 Å². The molecule has 230 valence electrons. The van der Waals surface area contributed by atoms with Gasteiger partial charge >= 0.3 is 11.9 Å². The number of halogens is 1. The lowest BCUT2D eigenvalue weighted by Crippen LogP contribution is -2.42. The number of ether oxygens (including phenoxy) is 2. The summed E-state index contributed by atoms with van der Waals surface area (Å²) >= 11 is 7.61. The van der Waals surface area contributed by atoms with Crippen molar-refractivity contribution in [3.8, 4) is 16.2 Å². The lowest BCUT2D eigenvalue weighted by Gasteiger charge is -2.32. The number of hydrogen-bond donors (Lipinski definition) is 2. The summed E-state index contributed by atoms with van der Waals surface area (Å²) in [6, 6.07) is 16.7. The molecule has 0 bridgehead atoms. The van der Waals surface area contributed by atoms with E-state index in [9.17, 15) is 23.1 Å². The van der Waals surface area contributed by atoms with Gasteiger partial charge in [-0.3, -0.25) is 0 Å².